The molecule has 0 radical (unpaired) electrons. The maximum atomic E-state index is 12.7. The lowest BCUT2D eigenvalue weighted by Crippen LogP contribution is -2.42. The molecule has 0 spiro atoms. The number of nitrogens with zero attached hydrogens (tertiary/aromatic N) is 5. The molecular weight excluding hydrogens is 408 g/mol. The number of amides is 3. The van der Waals surface area contributed by atoms with E-state index in [1.807, 2.05) is 0 Å². The topological polar surface area (TPSA) is 174 Å². The third-order valence-electron chi connectivity index (χ3n) is 3.78. The van der Waals surface area contributed by atoms with Crippen molar-refractivity contribution in [3.63, 3.8) is 0 Å². The summed E-state index contributed by atoms with van der Waals surface area (Å²) < 4.78 is 6.56. The van der Waals surface area contributed by atoms with Crippen LogP contribution in [0.1, 0.15) is 27.7 Å². The zero-order valence-corrected chi connectivity index (χ0v) is 17.8. The van der Waals surface area contributed by atoms with E-state index in [0.29, 0.717) is 6.29 Å². The number of rotatable bonds is 8. The fourth-order valence-electron chi connectivity index (χ4n) is 2.59. The monoisotopic (exact) mass is 434 g/mol. The molecule has 3 amide bonds. The van der Waals surface area contributed by atoms with Gasteiger partial charge in [-0.1, -0.05) is 0 Å². The van der Waals surface area contributed by atoms with Crippen molar-refractivity contribution in [1.29, 1.82) is 0 Å². The van der Waals surface area contributed by atoms with E-state index in [9.17, 15) is 19.2 Å². The van der Waals surface area contributed by atoms with Gasteiger partial charge >= 0.3 is 6.09 Å². The molecule has 0 aliphatic carbocycles. The molecule has 0 aliphatic rings. The number of carbonyl (C=O) groups excluding carboxylic acids is 4. The minimum absolute atomic E-state index is 0.0950. The highest BCUT2D eigenvalue weighted by Gasteiger charge is 2.19. The third-order valence-corrected chi connectivity index (χ3v) is 3.78. The number of imidazole rings is 1. The van der Waals surface area contributed by atoms with E-state index in [0.717, 1.165) is 0 Å². The van der Waals surface area contributed by atoms with Crippen molar-refractivity contribution in [2.24, 2.45) is 0 Å². The number of aldehydes is 1. The first-order valence-corrected chi connectivity index (χ1v) is 9.44. The molecule has 0 unspecified atom stereocenters. The zero-order chi connectivity index (χ0) is 23.2. The molecule has 13 heteroatoms. The summed E-state index contributed by atoms with van der Waals surface area (Å²) in [5, 5.41) is 5.05. The summed E-state index contributed by atoms with van der Waals surface area (Å²) in [7, 11) is 0. The van der Waals surface area contributed by atoms with Crippen LogP contribution in [0.2, 0.25) is 0 Å². The Morgan fingerprint density at radius 3 is 2.61 bits per heavy atom. The van der Waals surface area contributed by atoms with Gasteiger partial charge in [0, 0.05) is 20.0 Å². The Labute approximate surface area is 178 Å². The van der Waals surface area contributed by atoms with Gasteiger partial charge in [0.05, 0.1) is 12.9 Å². The lowest BCUT2D eigenvalue weighted by Gasteiger charge is -2.22. The molecule has 2 aromatic rings. The van der Waals surface area contributed by atoms with Gasteiger partial charge in [-0.15, -0.1) is 0 Å². The summed E-state index contributed by atoms with van der Waals surface area (Å²) in [6.07, 6.45) is 1.33. The van der Waals surface area contributed by atoms with Crippen LogP contribution in [0.5, 0.6) is 0 Å². The zero-order valence-electron chi connectivity index (χ0n) is 17.8. The van der Waals surface area contributed by atoms with Crippen LogP contribution in [0, 0.1) is 0 Å². The SMILES string of the molecule is CC(=O)Nc1nc(N)nc2c1ncn2CC(=O)N(CC=O)CCNC(=O)OC(C)(C)C. The van der Waals surface area contributed by atoms with Crippen molar-refractivity contribution >= 4 is 47.1 Å². The average Bonchev–Trinajstić information content (AvgIpc) is 3.01. The van der Waals surface area contributed by atoms with E-state index in [4.69, 9.17) is 10.5 Å². The van der Waals surface area contributed by atoms with E-state index >= 15 is 0 Å². The molecule has 0 atom stereocenters. The summed E-state index contributed by atoms with van der Waals surface area (Å²) >= 11 is 0. The molecule has 0 bridgehead atoms. The Balaban J connectivity index is 2.09. The average molecular weight is 434 g/mol. The van der Waals surface area contributed by atoms with E-state index in [1.54, 1.807) is 20.8 Å². The summed E-state index contributed by atoms with van der Waals surface area (Å²) in [4.78, 5) is 60.3. The summed E-state index contributed by atoms with van der Waals surface area (Å²) in [5.74, 6) is -0.736. The van der Waals surface area contributed by atoms with Gasteiger partial charge in [0.2, 0.25) is 17.8 Å². The number of carbonyl (C=O) groups is 4. The van der Waals surface area contributed by atoms with E-state index in [-0.39, 0.29) is 55.0 Å². The number of alkyl carbamates (subject to hydrolysis) is 1. The van der Waals surface area contributed by atoms with Gasteiger partial charge < -0.3 is 35.4 Å². The minimum atomic E-state index is -0.648. The number of aromatic nitrogens is 4. The molecule has 0 saturated carbocycles. The van der Waals surface area contributed by atoms with Crippen molar-refractivity contribution < 1.29 is 23.9 Å². The lowest BCUT2D eigenvalue weighted by atomic mass is 10.2. The number of nitrogens with one attached hydrogen (secondary N) is 2. The smallest absolute Gasteiger partial charge is 0.407 e. The minimum Gasteiger partial charge on any atom is -0.444 e. The number of nitrogen functional groups attached to an aromatic ring is 1. The number of ether oxygens (including phenoxy) is 1. The Kier molecular flexibility index (Phi) is 7.45. The Morgan fingerprint density at radius 2 is 2.00 bits per heavy atom. The molecule has 2 rings (SSSR count). The fraction of sp³-hybridized carbons (Fsp3) is 0.500. The first-order chi connectivity index (χ1) is 14.5. The van der Waals surface area contributed by atoms with Crippen LogP contribution in [0.15, 0.2) is 6.33 Å². The number of hydrogen-bond donors (Lipinski definition) is 3. The number of fused-ring (bicyclic) bond motifs is 1. The van der Waals surface area contributed by atoms with Gasteiger partial charge in [-0.05, 0) is 20.8 Å². The highest BCUT2D eigenvalue weighted by Crippen LogP contribution is 2.20. The summed E-state index contributed by atoms with van der Waals surface area (Å²) in [6, 6.07) is 0. The highest BCUT2D eigenvalue weighted by atomic mass is 16.6. The van der Waals surface area contributed by atoms with Gasteiger partial charge in [0.15, 0.2) is 17.0 Å². The van der Waals surface area contributed by atoms with Crippen LogP contribution in [0.4, 0.5) is 16.6 Å². The van der Waals surface area contributed by atoms with Crippen molar-refractivity contribution in [3.05, 3.63) is 6.33 Å². The van der Waals surface area contributed by atoms with Gasteiger partial charge in [-0.3, -0.25) is 9.59 Å². The van der Waals surface area contributed by atoms with Crippen molar-refractivity contribution in [2.75, 3.05) is 30.7 Å². The molecule has 13 nitrogen and oxygen atoms in total. The van der Waals surface area contributed by atoms with Crippen molar-refractivity contribution in [1.82, 2.24) is 29.7 Å². The van der Waals surface area contributed by atoms with Gasteiger partial charge in [0.25, 0.3) is 0 Å². The van der Waals surface area contributed by atoms with Gasteiger partial charge in [0.1, 0.15) is 18.4 Å². The molecule has 0 aliphatic heterocycles. The van der Waals surface area contributed by atoms with Crippen LogP contribution in [0.25, 0.3) is 11.2 Å². The Morgan fingerprint density at radius 1 is 1.29 bits per heavy atom. The lowest BCUT2D eigenvalue weighted by molar-refractivity contribution is -0.133. The van der Waals surface area contributed by atoms with E-state index in [1.165, 1.54) is 22.7 Å². The fourth-order valence-corrected chi connectivity index (χ4v) is 2.59. The number of anilines is 2. The molecule has 168 valence electrons. The van der Waals surface area contributed by atoms with Gasteiger partial charge in [-0.2, -0.15) is 9.97 Å². The number of hydrogen-bond acceptors (Lipinski definition) is 9. The summed E-state index contributed by atoms with van der Waals surface area (Å²) in [6.45, 7) is 6.36. The van der Waals surface area contributed by atoms with Crippen molar-refractivity contribution in [3.8, 4) is 0 Å². The second kappa shape index (κ2) is 9.82. The molecule has 2 heterocycles. The Hall–Kier alpha value is -3.77. The van der Waals surface area contributed by atoms with E-state index in [2.05, 4.69) is 25.6 Å². The van der Waals surface area contributed by atoms with Crippen LogP contribution in [-0.2, 0) is 25.7 Å². The normalized spacial score (nSPS) is 11.1. The van der Waals surface area contributed by atoms with Crippen LogP contribution >= 0.6 is 0 Å². The predicted molar refractivity (Wildman–Crippen MR) is 111 cm³/mol. The maximum absolute atomic E-state index is 12.7. The largest absolute Gasteiger partial charge is 0.444 e. The third kappa shape index (κ3) is 6.90. The second-order valence-corrected chi connectivity index (χ2v) is 7.59. The highest BCUT2D eigenvalue weighted by molar-refractivity contribution is 5.96. The molecule has 4 N–H and O–H groups in total. The molecule has 0 saturated heterocycles. The second-order valence-electron chi connectivity index (χ2n) is 7.59. The molecular formula is C18H26N8O5. The van der Waals surface area contributed by atoms with Crippen molar-refractivity contribution in [2.45, 2.75) is 39.8 Å². The van der Waals surface area contributed by atoms with Gasteiger partial charge in [-0.25, -0.2) is 9.78 Å². The molecule has 2 aromatic heterocycles. The molecule has 0 fully saturated rings. The number of nitrogens with two attached hydrogens (primary N) is 1. The van der Waals surface area contributed by atoms with Crippen LogP contribution < -0.4 is 16.4 Å². The molecule has 0 aromatic carbocycles. The summed E-state index contributed by atoms with van der Waals surface area (Å²) in [5.41, 5.74) is 5.57. The quantitative estimate of drug-likeness (QED) is 0.480. The maximum Gasteiger partial charge on any atom is 0.407 e. The Bertz CT molecular complexity index is 981. The first-order valence-electron chi connectivity index (χ1n) is 9.44. The molecule has 31 heavy (non-hydrogen) atoms. The van der Waals surface area contributed by atoms with Crippen LogP contribution in [-0.4, -0.2) is 73.8 Å². The first kappa shape index (κ1) is 23.5. The standard InChI is InChI=1S/C18H26N8O5/c1-11(28)22-14-13-15(24-16(19)23-14)26(10-21-13)9-12(29)25(7-8-27)6-5-20-17(30)31-18(2,3)4/h8,10H,5-7,9H2,1-4H3,(H,20,30)(H3,19,22,23,24,28). The predicted octanol–water partition coefficient (Wildman–Crippen LogP) is -0.0809. The van der Waals surface area contributed by atoms with E-state index < -0.39 is 17.6 Å². The van der Waals surface area contributed by atoms with Crippen LogP contribution in [0.3, 0.4) is 0 Å².